The number of aromatic nitrogens is 3. The minimum Gasteiger partial charge on any atom is -0.403 e. The summed E-state index contributed by atoms with van der Waals surface area (Å²) in [7, 11) is 5.48. The fraction of sp³-hybridized carbons (Fsp3) is 0.233. The number of anilines is 4. The Morgan fingerprint density at radius 3 is 2.62 bits per heavy atom. The van der Waals surface area contributed by atoms with E-state index in [1.54, 1.807) is 18.1 Å². The van der Waals surface area contributed by atoms with Gasteiger partial charge in [-0.25, -0.2) is 9.97 Å². The molecule has 0 aliphatic heterocycles. The van der Waals surface area contributed by atoms with E-state index >= 15 is 0 Å². The van der Waals surface area contributed by atoms with Crippen LogP contribution in [0, 0.1) is 6.92 Å². The molecule has 2 heterocycles. The van der Waals surface area contributed by atoms with E-state index in [9.17, 15) is 18.0 Å². The number of aromatic amines is 1. The van der Waals surface area contributed by atoms with Gasteiger partial charge in [0.2, 0.25) is 11.9 Å². The Morgan fingerprint density at radius 1 is 1.14 bits per heavy atom. The van der Waals surface area contributed by atoms with E-state index in [2.05, 4.69) is 36.9 Å². The Morgan fingerprint density at radius 2 is 1.90 bits per heavy atom. The highest BCUT2D eigenvalue weighted by molar-refractivity contribution is 6.02. The number of rotatable bonds is 11. The van der Waals surface area contributed by atoms with Crippen LogP contribution in [0.2, 0.25) is 0 Å². The van der Waals surface area contributed by atoms with Crippen LogP contribution in [0.3, 0.4) is 0 Å². The molecule has 0 bridgehead atoms. The molecule has 42 heavy (non-hydrogen) atoms. The van der Waals surface area contributed by atoms with E-state index in [0.717, 1.165) is 22.0 Å². The van der Waals surface area contributed by atoms with Crippen LogP contribution in [-0.4, -0.2) is 66.4 Å². The maximum atomic E-state index is 13.6. The minimum absolute atomic E-state index is 0.0467. The summed E-state index contributed by atoms with van der Waals surface area (Å²) in [6.45, 7) is 6.48. The molecule has 0 aliphatic carbocycles. The molecule has 0 atom stereocenters. The van der Waals surface area contributed by atoms with Gasteiger partial charge in [-0.2, -0.15) is 0 Å². The first-order chi connectivity index (χ1) is 19.9. The summed E-state index contributed by atoms with van der Waals surface area (Å²) < 4.78 is 45.1. The number of carbonyl (C=O) groups is 1. The van der Waals surface area contributed by atoms with Gasteiger partial charge in [0.1, 0.15) is 0 Å². The van der Waals surface area contributed by atoms with Gasteiger partial charge in [0.05, 0.1) is 22.8 Å². The number of nitrogens with one attached hydrogen (secondary N) is 3. The molecule has 0 saturated carbocycles. The second kappa shape index (κ2) is 12.8. The normalized spacial score (nSPS) is 11.7. The Bertz CT molecular complexity index is 1610. The molecular weight excluding hydrogens is 547 g/mol. The number of fused-ring (bicyclic) bond motifs is 1. The number of carbonyl (C=O) groups excluding carboxylic acids is 1. The lowest BCUT2D eigenvalue weighted by molar-refractivity contribution is -0.274. The number of aryl methyl sites for hydroxylation is 1. The largest absolute Gasteiger partial charge is 0.573 e. The van der Waals surface area contributed by atoms with Crippen LogP contribution in [0.25, 0.3) is 22.2 Å². The zero-order valence-electron chi connectivity index (χ0n) is 23.7. The minimum atomic E-state index is -4.98. The van der Waals surface area contributed by atoms with Crippen LogP contribution < -0.4 is 20.3 Å². The molecule has 0 aliphatic rings. The second-order valence-corrected chi connectivity index (χ2v) is 9.82. The number of alkyl halides is 3. The molecule has 0 saturated heterocycles. The molecule has 0 radical (unpaired) electrons. The average Bonchev–Trinajstić information content (AvgIpc) is 3.36. The molecule has 0 unspecified atom stereocenters. The molecule has 1 amide bonds. The maximum absolute atomic E-state index is 13.6. The lowest BCUT2D eigenvalue weighted by Gasteiger charge is -2.26. The second-order valence-electron chi connectivity index (χ2n) is 9.82. The monoisotopic (exact) mass is 579 g/mol. The number of benzene rings is 2. The highest BCUT2D eigenvalue weighted by Gasteiger charge is 2.33. The maximum Gasteiger partial charge on any atom is 0.573 e. The number of ether oxygens (including phenoxy) is 1. The Kier molecular flexibility index (Phi) is 9.16. The molecule has 0 spiro atoms. The van der Waals surface area contributed by atoms with Crippen molar-refractivity contribution in [3.8, 4) is 17.0 Å². The number of H-pyrrole nitrogens is 1. The topological polar surface area (TPSA) is 98.4 Å². The average molecular weight is 580 g/mol. The molecule has 0 fully saturated rings. The third kappa shape index (κ3) is 7.46. The highest BCUT2D eigenvalue weighted by Crippen LogP contribution is 2.40. The molecular formula is C30H32F3N7O2. The third-order valence-corrected chi connectivity index (χ3v) is 6.32. The first-order valence-electron chi connectivity index (χ1n) is 13.0. The first kappa shape index (κ1) is 30.1. The number of nitrogens with zero attached hydrogens (tertiary/aromatic N) is 4. The van der Waals surface area contributed by atoms with Gasteiger partial charge in [0.15, 0.2) is 5.75 Å². The Balaban J connectivity index is 1.79. The predicted molar refractivity (Wildman–Crippen MR) is 160 cm³/mol. The zero-order chi connectivity index (χ0) is 30.4. The number of halogens is 3. The summed E-state index contributed by atoms with van der Waals surface area (Å²) >= 11 is 0. The van der Waals surface area contributed by atoms with Crippen molar-refractivity contribution in [3.63, 3.8) is 0 Å². The van der Waals surface area contributed by atoms with Crippen LogP contribution in [0.1, 0.15) is 5.56 Å². The van der Waals surface area contributed by atoms with Crippen molar-refractivity contribution in [3.05, 3.63) is 79.2 Å². The summed E-state index contributed by atoms with van der Waals surface area (Å²) in [6.07, 6.45) is 2.60. The van der Waals surface area contributed by atoms with Gasteiger partial charge >= 0.3 is 6.36 Å². The van der Waals surface area contributed by atoms with E-state index in [-0.39, 0.29) is 17.3 Å². The van der Waals surface area contributed by atoms with Crippen LogP contribution >= 0.6 is 0 Å². The Hall–Kier alpha value is -4.84. The molecule has 4 aromatic rings. The molecule has 220 valence electrons. The number of para-hydroxylation sites is 1. The Labute approximate surface area is 241 Å². The molecule has 2 aromatic carbocycles. The molecule has 3 N–H and O–H groups in total. The van der Waals surface area contributed by atoms with E-state index in [1.807, 2.05) is 56.4 Å². The van der Waals surface area contributed by atoms with Gasteiger partial charge in [0.25, 0.3) is 0 Å². The molecule has 12 heteroatoms. The number of allylic oxidation sites excluding steroid dienone is 2. The van der Waals surface area contributed by atoms with Gasteiger partial charge in [-0.15, -0.1) is 13.2 Å². The van der Waals surface area contributed by atoms with Crippen molar-refractivity contribution < 1.29 is 22.7 Å². The quantitative estimate of drug-likeness (QED) is 0.143. The highest BCUT2D eigenvalue weighted by atomic mass is 19.4. The number of likely N-dealkylation sites (N-methyl/N-ethyl adjacent to an activating group) is 2. The third-order valence-electron chi connectivity index (χ3n) is 6.32. The number of hydrogen-bond acceptors (Lipinski definition) is 7. The van der Waals surface area contributed by atoms with E-state index in [4.69, 9.17) is 0 Å². The van der Waals surface area contributed by atoms with Gasteiger partial charge in [-0.3, -0.25) is 4.79 Å². The van der Waals surface area contributed by atoms with E-state index in [0.29, 0.717) is 24.5 Å². The van der Waals surface area contributed by atoms with E-state index in [1.165, 1.54) is 30.4 Å². The summed E-state index contributed by atoms with van der Waals surface area (Å²) in [5.74, 6) is -0.946. The summed E-state index contributed by atoms with van der Waals surface area (Å²) in [5, 5.41) is 6.56. The van der Waals surface area contributed by atoms with Crippen molar-refractivity contribution in [2.75, 3.05) is 49.8 Å². The van der Waals surface area contributed by atoms with Crippen LogP contribution in [0.5, 0.6) is 5.75 Å². The summed E-state index contributed by atoms with van der Waals surface area (Å²) in [5.41, 5.74) is 3.61. The van der Waals surface area contributed by atoms with Crippen LogP contribution in [-0.2, 0) is 4.79 Å². The fourth-order valence-electron chi connectivity index (χ4n) is 4.25. The lowest BCUT2D eigenvalue weighted by Crippen LogP contribution is -2.29. The molecule has 4 rings (SSSR count). The van der Waals surface area contributed by atoms with Gasteiger partial charge in [-0.05, 0) is 38.7 Å². The van der Waals surface area contributed by atoms with Gasteiger partial charge < -0.3 is 30.2 Å². The zero-order valence-corrected chi connectivity index (χ0v) is 23.7. The van der Waals surface area contributed by atoms with Crippen molar-refractivity contribution >= 4 is 39.8 Å². The fourth-order valence-corrected chi connectivity index (χ4v) is 4.25. The summed E-state index contributed by atoms with van der Waals surface area (Å²) in [6, 6.07) is 10.3. The molecule has 2 aromatic heterocycles. The van der Waals surface area contributed by atoms with Crippen LogP contribution in [0.15, 0.2) is 73.6 Å². The summed E-state index contributed by atoms with van der Waals surface area (Å²) in [4.78, 5) is 28.4. The number of hydrogen-bond donors (Lipinski definition) is 3. The van der Waals surface area contributed by atoms with Crippen molar-refractivity contribution in [1.82, 2.24) is 19.9 Å². The van der Waals surface area contributed by atoms with E-state index < -0.39 is 18.0 Å². The number of amides is 1. The van der Waals surface area contributed by atoms with Gasteiger partial charge in [-0.1, -0.05) is 36.9 Å². The van der Waals surface area contributed by atoms with Gasteiger partial charge in [0, 0.05) is 61.1 Å². The van der Waals surface area contributed by atoms with Crippen molar-refractivity contribution in [1.29, 1.82) is 0 Å². The standard InChI is InChI=1S/C30H32F3N7O2/c1-6-7-12-27(41)36-23-15-24(26(42-30(31,32)33)16-25(23)40(5)14-13-39(3)4)37-29-35-17-19(2)28(38-29)21-18-34-22-11-9-8-10-20(21)22/h6-12,15-18,34H,1,13-14H2,2-5H3,(H,36,41)(H,35,37,38)/b12-7-. The van der Waals surface area contributed by atoms with Crippen molar-refractivity contribution in [2.45, 2.75) is 13.3 Å². The SMILES string of the molecule is C=C/C=C\C(=O)Nc1cc(Nc2ncc(C)c(-c3c[nH]c4ccccc34)n2)c(OC(F)(F)F)cc1N(C)CCN(C)C. The molecule has 9 nitrogen and oxygen atoms in total. The first-order valence-corrected chi connectivity index (χ1v) is 13.0. The lowest BCUT2D eigenvalue weighted by atomic mass is 10.1. The predicted octanol–water partition coefficient (Wildman–Crippen LogP) is 6.25. The van der Waals surface area contributed by atoms with Crippen molar-refractivity contribution in [2.24, 2.45) is 0 Å². The smallest absolute Gasteiger partial charge is 0.403 e. The van der Waals surface area contributed by atoms with Crippen LogP contribution in [0.4, 0.5) is 36.2 Å².